The standard InChI is InChI=1S/C11H14N4O2/c1-11(2,3)17-10(16)15-5-9(14-7-15)8-4-12-6-13-8/h4-7H,1-3H3,(H,12,13). The number of rotatable bonds is 1. The number of carbonyl (C=O) groups is 1. The molecule has 2 aromatic rings. The molecule has 0 saturated carbocycles. The topological polar surface area (TPSA) is 72.8 Å². The fourth-order valence-electron chi connectivity index (χ4n) is 1.27. The zero-order valence-electron chi connectivity index (χ0n) is 9.97. The Balaban J connectivity index is 2.16. The summed E-state index contributed by atoms with van der Waals surface area (Å²) in [5.41, 5.74) is 0.885. The molecule has 0 unspecified atom stereocenters. The van der Waals surface area contributed by atoms with Gasteiger partial charge in [-0.05, 0) is 20.8 Å². The van der Waals surface area contributed by atoms with E-state index < -0.39 is 11.7 Å². The highest BCUT2D eigenvalue weighted by atomic mass is 16.6. The van der Waals surface area contributed by atoms with Crippen molar-refractivity contribution in [1.82, 2.24) is 19.5 Å². The van der Waals surface area contributed by atoms with Crippen molar-refractivity contribution < 1.29 is 9.53 Å². The number of hydrogen-bond donors (Lipinski definition) is 1. The van der Waals surface area contributed by atoms with E-state index >= 15 is 0 Å². The monoisotopic (exact) mass is 234 g/mol. The quantitative estimate of drug-likeness (QED) is 0.819. The van der Waals surface area contributed by atoms with Crippen LogP contribution in [0.1, 0.15) is 20.8 Å². The molecule has 6 heteroatoms. The molecular weight excluding hydrogens is 220 g/mol. The van der Waals surface area contributed by atoms with Gasteiger partial charge in [-0.2, -0.15) is 0 Å². The lowest BCUT2D eigenvalue weighted by atomic mass is 10.2. The van der Waals surface area contributed by atoms with Crippen LogP contribution < -0.4 is 0 Å². The second-order valence-electron chi connectivity index (χ2n) is 4.61. The van der Waals surface area contributed by atoms with E-state index in [1.165, 1.54) is 10.9 Å². The lowest BCUT2D eigenvalue weighted by Crippen LogP contribution is -2.26. The summed E-state index contributed by atoms with van der Waals surface area (Å²) >= 11 is 0. The van der Waals surface area contributed by atoms with Gasteiger partial charge < -0.3 is 9.72 Å². The molecule has 2 heterocycles. The first kappa shape index (κ1) is 11.4. The van der Waals surface area contributed by atoms with Gasteiger partial charge in [0.05, 0.1) is 18.2 Å². The Kier molecular flexibility index (Phi) is 2.71. The van der Waals surface area contributed by atoms with Gasteiger partial charge in [0.1, 0.15) is 17.6 Å². The molecule has 0 aromatic carbocycles. The van der Waals surface area contributed by atoms with Crippen LogP contribution in [-0.2, 0) is 4.74 Å². The SMILES string of the molecule is CC(C)(C)OC(=O)n1cnc(-c2cnc[nH]2)c1. The van der Waals surface area contributed by atoms with Gasteiger partial charge >= 0.3 is 6.09 Å². The number of nitrogens with zero attached hydrogens (tertiary/aromatic N) is 3. The van der Waals surface area contributed by atoms with Gasteiger partial charge in [0.15, 0.2) is 0 Å². The second-order valence-corrected chi connectivity index (χ2v) is 4.61. The van der Waals surface area contributed by atoms with E-state index in [9.17, 15) is 4.79 Å². The Hall–Kier alpha value is -2.11. The largest absolute Gasteiger partial charge is 0.443 e. The van der Waals surface area contributed by atoms with E-state index in [4.69, 9.17) is 4.74 Å². The lowest BCUT2D eigenvalue weighted by molar-refractivity contribution is 0.0536. The Labute approximate surface area is 98.7 Å². The average molecular weight is 234 g/mol. The number of H-pyrrole nitrogens is 1. The predicted molar refractivity (Wildman–Crippen MR) is 61.4 cm³/mol. The van der Waals surface area contributed by atoms with Gasteiger partial charge in [-0.15, -0.1) is 0 Å². The Morgan fingerprint density at radius 2 is 2.24 bits per heavy atom. The molecule has 0 spiro atoms. The van der Waals surface area contributed by atoms with E-state index in [2.05, 4.69) is 15.0 Å². The van der Waals surface area contributed by atoms with Crippen molar-refractivity contribution in [2.24, 2.45) is 0 Å². The van der Waals surface area contributed by atoms with Crippen LogP contribution in [0.3, 0.4) is 0 Å². The first-order valence-electron chi connectivity index (χ1n) is 5.22. The van der Waals surface area contributed by atoms with Gasteiger partial charge in [-0.3, -0.25) is 0 Å². The van der Waals surface area contributed by atoms with Crippen LogP contribution in [0.5, 0.6) is 0 Å². The van der Waals surface area contributed by atoms with Gasteiger partial charge in [0.25, 0.3) is 0 Å². The number of aromatic amines is 1. The Bertz CT molecular complexity index is 508. The number of imidazole rings is 2. The van der Waals surface area contributed by atoms with Crippen LogP contribution >= 0.6 is 0 Å². The second kappa shape index (κ2) is 4.04. The molecule has 0 bridgehead atoms. The number of aromatic nitrogens is 4. The molecule has 0 amide bonds. The Morgan fingerprint density at radius 3 is 2.82 bits per heavy atom. The molecule has 2 rings (SSSR count). The molecule has 90 valence electrons. The third-order valence-corrected chi connectivity index (χ3v) is 1.96. The normalized spacial score (nSPS) is 11.5. The minimum Gasteiger partial charge on any atom is -0.443 e. The molecule has 2 aromatic heterocycles. The van der Waals surface area contributed by atoms with Gasteiger partial charge in [0.2, 0.25) is 0 Å². The number of carbonyl (C=O) groups excluding carboxylic acids is 1. The molecule has 17 heavy (non-hydrogen) atoms. The fraction of sp³-hybridized carbons (Fsp3) is 0.364. The van der Waals surface area contributed by atoms with Crippen molar-refractivity contribution in [2.75, 3.05) is 0 Å². The molecular formula is C11H14N4O2. The molecule has 0 aliphatic heterocycles. The highest BCUT2D eigenvalue weighted by Crippen LogP contribution is 2.14. The van der Waals surface area contributed by atoms with Gasteiger partial charge in [-0.25, -0.2) is 19.3 Å². The third-order valence-electron chi connectivity index (χ3n) is 1.96. The molecule has 0 aliphatic carbocycles. The maximum Gasteiger partial charge on any atom is 0.419 e. The van der Waals surface area contributed by atoms with Gasteiger partial charge in [-0.1, -0.05) is 0 Å². The van der Waals surface area contributed by atoms with E-state index in [1.807, 2.05) is 20.8 Å². The smallest absolute Gasteiger partial charge is 0.419 e. The Morgan fingerprint density at radius 1 is 1.47 bits per heavy atom. The zero-order valence-corrected chi connectivity index (χ0v) is 9.97. The van der Waals surface area contributed by atoms with Crippen molar-refractivity contribution in [3.8, 4) is 11.4 Å². The summed E-state index contributed by atoms with van der Waals surface area (Å²) in [4.78, 5) is 22.6. The van der Waals surface area contributed by atoms with Crippen LogP contribution in [0.15, 0.2) is 25.0 Å². The van der Waals surface area contributed by atoms with Crippen LogP contribution in [0.2, 0.25) is 0 Å². The molecule has 0 atom stereocenters. The highest BCUT2D eigenvalue weighted by Gasteiger charge is 2.18. The summed E-state index contributed by atoms with van der Waals surface area (Å²) in [5, 5.41) is 0. The summed E-state index contributed by atoms with van der Waals surface area (Å²) in [6.45, 7) is 5.45. The fourth-order valence-corrected chi connectivity index (χ4v) is 1.27. The van der Waals surface area contributed by atoms with Crippen LogP contribution in [0.25, 0.3) is 11.4 Å². The van der Waals surface area contributed by atoms with Crippen LogP contribution in [0.4, 0.5) is 4.79 Å². The maximum atomic E-state index is 11.7. The van der Waals surface area contributed by atoms with Crippen molar-refractivity contribution in [3.63, 3.8) is 0 Å². The van der Waals surface area contributed by atoms with E-state index in [0.717, 1.165) is 5.69 Å². The zero-order chi connectivity index (χ0) is 12.5. The molecule has 0 saturated heterocycles. The first-order chi connectivity index (χ1) is 7.96. The molecule has 0 radical (unpaired) electrons. The molecule has 6 nitrogen and oxygen atoms in total. The van der Waals surface area contributed by atoms with E-state index in [1.54, 1.807) is 18.7 Å². The van der Waals surface area contributed by atoms with Crippen molar-refractivity contribution in [3.05, 3.63) is 25.0 Å². The first-order valence-corrected chi connectivity index (χ1v) is 5.22. The number of nitrogens with one attached hydrogen (secondary N) is 1. The minimum atomic E-state index is -0.518. The third kappa shape index (κ3) is 2.72. The average Bonchev–Trinajstić information content (AvgIpc) is 2.86. The van der Waals surface area contributed by atoms with E-state index in [0.29, 0.717) is 5.69 Å². The molecule has 1 N–H and O–H groups in total. The predicted octanol–water partition coefficient (Wildman–Crippen LogP) is 2.06. The highest BCUT2D eigenvalue weighted by molar-refractivity contribution is 5.72. The summed E-state index contributed by atoms with van der Waals surface area (Å²) in [5.74, 6) is 0. The van der Waals surface area contributed by atoms with Crippen molar-refractivity contribution >= 4 is 6.09 Å². The summed E-state index contributed by atoms with van der Waals surface area (Å²) in [7, 11) is 0. The number of ether oxygens (including phenoxy) is 1. The van der Waals surface area contributed by atoms with Crippen LogP contribution in [0, 0.1) is 0 Å². The van der Waals surface area contributed by atoms with E-state index in [-0.39, 0.29) is 0 Å². The maximum absolute atomic E-state index is 11.7. The van der Waals surface area contributed by atoms with Crippen LogP contribution in [-0.4, -0.2) is 31.2 Å². The van der Waals surface area contributed by atoms with Crippen molar-refractivity contribution in [2.45, 2.75) is 26.4 Å². The lowest BCUT2D eigenvalue weighted by Gasteiger charge is -2.18. The summed E-state index contributed by atoms with van der Waals surface area (Å²) in [6, 6.07) is 0. The molecule has 0 aliphatic rings. The summed E-state index contributed by atoms with van der Waals surface area (Å²) in [6.07, 6.45) is 5.77. The number of hydrogen-bond acceptors (Lipinski definition) is 4. The molecule has 0 fully saturated rings. The minimum absolute atomic E-state index is 0.448. The van der Waals surface area contributed by atoms with Gasteiger partial charge in [0, 0.05) is 6.20 Å². The summed E-state index contributed by atoms with van der Waals surface area (Å²) < 4.78 is 6.52. The van der Waals surface area contributed by atoms with Crippen molar-refractivity contribution in [1.29, 1.82) is 0 Å².